The Bertz CT molecular complexity index is 716. The lowest BCUT2D eigenvalue weighted by Gasteiger charge is -2.00. The van der Waals surface area contributed by atoms with E-state index in [2.05, 4.69) is 26.1 Å². The van der Waals surface area contributed by atoms with Crippen LogP contribution in [0.5, 0.6) is 0 Å². The van der Waals surface area contributed by atoms with Crippen LogP contribution in [0, 0.1) is 0 Å². The van der Waals surface area contributed by atoms with Crippen LogP contribution in [0.2, 0.25) is 0 Å². The summed E-state index contributed by atoms with van der Waals surface area (Å²) in [5.41, 5.74) is 7.52. The maximum Gasteiger partial charge on any atom is 0.240 e. The molecule has 0 atom stereocenters. The Morgan fingerprint density at radius 2 is 2.28 bits per heavy atom. The van der Waals surface area contributed by atoms with Crippen LogP contribution in [0.1, 0.15) is 5.89 Å². The molecule has 0 saturated carbocycles. The highest BCUT2D eigenvalue weighted by Gasteiger charge is 2.14. The predicted octanol–water partition coefficient (Wildman–Crippen LogP) is 2.45. The van der Waals surface area contributed by atoms with Crippen LogP contribution >= 0.6 is 15.9 Å². The highest BCUT2D eigenvalue weighted by atomic mass is 79.9. The Hall–Kier alpha value is -1.66. The number of benzene rings is 1. The molecule has 6 heteroatoms. The normalized spacial score (nSPS) is 11.3. The first-order valence-electron chi connectivity index (χ1n) is 5.47. The van der Waals surface area contributed by atoms with Crippen LogP contribution in [-0.4, -0.2) is 14.7 Å². The van der Waals surface area contributed by atoms with Crippen molar-refractivity contribution in [2.75, 3.05) is 0 Å². The molecule has 0 aliphatic rings. The van der Waals surface area contributed by atoms with E-state index in [1.54, 1.807) is 0 Å². The van der Waals surface area contributed by atoms with Crippen molar-refractivity contribution in [2.45, 2.75) is 6.54 Å². The molecule has 0 aliphatic carbocycles. The van der Waals surface area contributed by atoms with Gasteiger partial charge in [-0.1, -0.05) is 17.3 Å². The third-order valence-corrected chi connectivity index (χ3v) is 3.45. The molecule has 0 amide bonds. The number of fused-ring (bicyclic) bond motifs is 1. The van der Waals surface area contributed by atoms with E-state index in [9.17, 15) is 0 Å². The van der Waals surface area contributed by atoms with E-state index in [1.807, 2.05) is 36.0 Å². The monoisotopic (exact) mass is 306 g/mol. The van der Waals surface area contributed by atoms with Crippen LogP contribution in [0.15, 0.2) is 33.4 Å². The molecule has 0 saturated heterocycles. The van der Waals surface area contributed by atoms with Crippen molar-refractivity contribution in [3.05, 3.63) is 34.8 Å². The van der Waals surface area contributed by atoms with Gasteiger partial charge in [0.1, 0.15) is 0 Å². The molecule has 0 bridgehead atoms. The number of nitrogens with two attached hydrogens (primary N) is 1. The number of aryl methyl sites for hydroxylation is 1. The minimum absolute atomic E-state index is 0.249. The Kier molecular flexibility index (Phi) is 2.68. The Balaban J connectivity index is 2.28. The summed E-state index contributed by atoms with van der Waals surface area (Å²) in [6.45, 7) is 0.249. The van der Waals surface area contributed by atoms with Gasteiger partial charge in [0.05, 0.1) is 6.54 Å². The summed E-state index contributed by atoms with van der Waals surface area (Å²) >= 11 is 3.56. The summed E-state index contributed by atoms with van der Waals surface area (Å²) in [5, 5.41) is 5.04. The van der Waals surface area contributed by atoms with Crippen LogP contribution in [-0.2, 0) is 13.6 Å². The number of nitrogens with zero attached hydrogens (tertiary/aromatic N) is 3. The molecule has 2 aromatic heterocycles. The zero-order chi connectivity index (χ0) is 12.7. The molecule has 18 heavy (non-hydrogen) atoms. The molecule has 0 radical (unpaired) electrons. The van der Waals surface area contributed by atoms with Gasteiger partial charge >= 0.3 is 0 Å². The Labute approximate surface area is 112 Å². The largest absolute Gasteiger partial charge is 0.349 e. The summed E-state index contributed by atoms with van der Waals surface area (Å²) in [7, 11) is 2.00. The fourth-order valence-electron chi connectivity index (χ4n) is 2.02. The van der Waals surface area contributed by atoms with E-state index < -0.39 is 0 Å². The molecule has 3 aromatic rings. The van der Waals surface area contributed by atoms with Gasteiger partial charge in [-0.15, -0.1) is 0 Å². The first-order chi connectivity index (χ1) is 8.70. The smallest absolute Gasteiger partial charge is 0.240 e. The van der Waals surface area contributed by atoms with Gasteiger partial charge in [-0.25, -0.2) is 0 Å². The van der Waals surface area contributed by atoms with Crippen molar-refractivity contribution < 1.29 is 4.52 Å². The quantitative estimate of drug-likeness (QED) is 0.789. The van der Waals surface area contributed by atoms with Gasteiger partial charge in [0.25, 0.3) is 0 Å². The molecule has 2 N–H and O–H groups in total. The SMILES string of the molecule is Cn1cc(Br)c2c(-c3noc(CN)n3)cccc21. The second-order valence-electron chi connectivity index (χ2n) is 4.00. The number of hydrogen-bond donors (Lipinski definition) is 1. The summed E-state index contributed by atoms with van der Waals surface area (Å²) in [4.78, 5) is 4.27. The molecule has 0 spiro atoms. The summed E-state index contributed by atoms with van der Waals surface area (Å²) < 4.78 is 8.11. The maximum absolute atomic E-state index is 5.48. The topological polar surface area (TPSA) is 69.9 Å². The lowest BCUT2D eigenvalue weighted by Crippen LogP contribution is -1.95. The van der Waals surface area contributed by atoms with Crippen molar-refractivity contribution in [3.8, 4) is 11.4 Å². The van der Waals surface area contributed by atoms with Crippen molar-refractivity contribution >= 4 is 26.8 Å². The van der Waals surface area contributed by atoms with Crippen LogP contribution < -0.4 is 5.73 Å². The van der Waals surface area contributed by atoms with E-state index in [4.69, 9.17) is 10.3 Å². The minimum atomic E-state index is 0.249. The lowest BCUT2D eigenvalue weighted by atomic mass is 10.1. The van der Waals surface area contributed by atoms with Crippen LogP contribution in [0.4, 0.5) is 0 Å². The van der Waals surface area contributed by atoms with E-state index in [-0.39, 0.29) is 6.54 Å². The van der Waals surface area contributed by atoms with Crippen molar-refractivity contribution in [1.82, 2.24) is 14.7 Å². The van der Waals surface area contributed by atoms with Crippen LogP contribution in [0.3, 0.4) is 0 Å². The van der Waals surface area contributed by atoms with Gasteiger partial charge < -0.3 is 14.8 Å². The molecular weight excluding hydrogens is 296 g/mol. The standard InChI is InChI=1S/C12H11BrN4O/c1-17-6-8(13)11-7(3-2-4-9(11)17)12-15-10(5-14)18-16-12/h2-4,6H,5,14H2,1H3. The molecule has 0 fully saturated rings. The van der Waals surface area contributed by atoms with Crippen LogP contribution in [0.25, 0.3) is 22.3 Å². The van der Waals surface area contributed by atoms with Gasteiger partial charge in [-0.2, -0.15) is 4.98 Å². The third-order valence-electron chi connectivity index (χ3n) is 2.85. The fraction of sp³-hybridized carbons (Fsp3) is 0.167. The van der Waals surface area contributed by atoms with Crippen molar-refractivity contribution in [1.29, 1.82) is 0 Å². The minimum Gasteiger partial charge on any atom is -0.349 e. The Morgan fingerprint density at radius 3 is 3.00 bits per heavy atom. The zero-order valence-electron chi connectivity index (χ0n) is 9.72. The zero-order valence-corrected chi connectivity index (χ0v) is 11.3. The van der Waals surface area contributed by atoms with E-state index in [0.29, 0.717) is 11.7 Å². The number of hydrogen-bond acceptors (Lipinski definition) is 4. The maximum atomic E-state index is 5.48. The average molecular weight is 307 g/mol. The van der Waals surface area contributed by atoms with Gasteiger partial charge in [0.2, 0.25) is 11.7 Å². The van der Waals surface area contributed by atoms with Gasteiger partial charge in [-0.05, 0) is 22.0 Å². The van der Waals surface area contributed by atoms with Crippen molar-refractivity contribution in [2.24, 2.45) is 12.8 Å². The number of aromatic nitrogens is 3. The first-order valence-corrected chi connectivity index (χ1v) is 6.26. The molecule has 0 aliphatic heterocycles. The number of halogens is 1. The second-order valence-corrected chi connectivity index (χ2v) is 4.86. The highest BCUT2D eigenvalue weighted by Crippen LogP contribution is 2.33. The summed E-state index contributed by atoms with van der Waals surface area (Å²) in [6, 6.07) is 5.99. The fourth-order valence-corrected chi connectivity index (χ4v) is 2.75. The Morgan fingerprint density at radius 1 is 1.44 bits per heavy atom. The van der Waals surface area contributed by atoms with Gasteiger partial charge in [-0.3, -0.25) is 0 Å². The second kappa shape index (κ2) is 4.22. The predicted molar refractivity (Wildman–Crippen MR) is 71.8 cm³/mol. The molecular formula is C12H11BrN4O. The average Bonchev–Trinajstić information content (AvgIpc) is 2.95. The highest BCUT2D eigenvalue weighted by molar-refractivity contribution is 9.10. The van der Waals surface area contributed by atoms with E-state index >= 15 is 0 Å². The lowest BCUT2D eigenvalue weighted by molar-refractivity contribution is 0.380. The van der Waals surface area contributed by atoms with Gasteiger partial charge in [0.15, 0.2) is 0 Å². The molecule has 3 rings (SSSR count). The number of rotatable bonds is 2. The molecule has 5 nitrogen and oxygen atoms in total. The third kappa shape index (κ3) is 1.65. The van der Waals surface area contributed by atoms with Gasteiger partial charge in [0, 0.05) is 34.2 Å². The summed E-state index contributed by atoms with van der Waals surface area (Å²) in [5.74, 6) is 1.00. The van der Waals surface area contributed by atoms with E-state index in [1.165, 1.54) is 0 Å². The molecule has 2 heterocycles. The van der Waals surface area contributed by atoms with E-state index in [0.717, 1.165) is 20.9 Å². The first kappa shape index (κ1) is 11.4. The molecule has 1 aromatic carbocycles. The van der Waals surface area contributed by atoms with Crippen molar-refractivity contribution in [3.63, 3.8) is 0 Å². The molecule has 92 valence electrons. The summed E-state index contributed by atoms with van der Waals surface area (Å²) in [6.07, 6.45) is 2.01. The molecule has 0 unspecified atom stereocenters.